The number of carbonyl (C=O) groups is 1. The summed E-state index contributed by atoms with van der Waals surface area (Å²) in [5, 5.41) is 0. The summed E-state index contributed by atoms with van der Waals surface area (Å²) in [4.78, 5) is 14.3. The molecule has 1 amide bonds. The lowest BCUT2D eigenvalue weighted by atomic mass is 10.2. The number of nitrogens with zero attached hydrogens (tertiary/aromatic N) is 1. The van der Waals surface area contributed by atoms with Crippen molar-refractivity contribution in [3.05, 3.63) is 22.6 Å². The molecule has 1 fully saturated rings. The Bertz CT molecular complexity index is 432. The number of hydrogen-bond acceptors (Lipinski definition) is 3. The lowest BCUT2D eigenvalue weighted by Crippen LogP contribution is -2.42. The van der Waals surface area contributed by atoms with Gasteiger partial charge in [0.25, 0.3) is 5.91 Å². The molecule has 0 aromatic carbocycles. The number of nitrogens with two attached hydrogens (primary N) is 1. The van der Waals surface area contributed by atoms with E-state index in [2.05, 4.69) is 15.9 Å². The van der Waals surface area contributed by atoms with Crippen LogP contribution in [0.25, 0.3) is 0 Å². The van der Waals surface area contributed by atoms with E-state index in [1.165, 1.54) is 6.26 Å². The van der Waals surface area contributed by atoms with Crippen LogP contribution in [0.2, 0.25) is 0 Å². The average Bonchev–Trinajstić information content (AvgIpc) is 2.84. The summed E-state index contributed by atoms with van der Waals surface area (Å²) in [6, 6.07) is 1.52. The third-order valence-electron chi connectivity index (χ3n) is 2.69. The standard InChI is InChI=1S/C10H11BrN2O2S/c11-8-6(3-5-15-8)10(14)13-4-1-2-7(13)9(12)16/h3,5,7H,1-2,4H2,(H2,12,16). The van der Waals surface area contributed by atoms with E-state index in [-0.39, 0.29) is 11.9 Å². The maximum absolute atomic E-state index is 12.2. The molecule has 1 aromatic rings. The van der Waals surface area contributed by atoms with E-state index in [1.54, 1.807) is 11.0 Å². The summed E-state index contributed by atoms with van der Waals surface area (Å²) in [5.74, 6) is -0.0871. The largest absolute Gasteiger partial charge is 0.457 e. The lowest BCUT2D eigenvalue weighted by molar-refractivity contribution is 0.0768. The average molecular weight is 303 g/mol. The molecule has 2 heterocycles. The van der Waals surface area contributed by atoms with Crippen LogP contribution in [0.15, 0.2) is 21.4 Å². The van der Waals surface area contributed by atoms with Gasteiger partial charge in [-0.15, -0.1) is 0 Å². The normalized spacial score (nSPS) is 20.1. The summed E-state index contributed by atoms with van der Waals surface area (Å²) in [7, 11) is 0. The van der Waals surface area contributed by atoms with Crippen molar-refractivity contribution in [3.8, 4) is 0 Å². The van der Waals surface area contributed by atoms with Crippen LogP contribution in [-0.4, -0.2) is 28.4 Å². The molecule has 0 spiro atoms. The van der Waals surface area contributed by atoms with Gasteiger partial charge < -0.3 is 15.1 Å². The molecule has 1 aliphatic rings. The van der Waals surface area contributed by atoms with Gasteiger partial charge in [0.1, 0.15) is 0 Å². The van der Waals surface area contributed by atoms with Crippen LogP contribution in [0, 0.1) is 0 Å². The Labute approximate surface area is 107 Å². The van der Waals surface area contributed by atoms with E-state index in [4.69, 9.17) is 22.4 Å². The van der Waals surface area contributed by atoms with E-state index in [9.17, 15) is 4.79 Å². The van der Waals surface area contributed by atoms with Crippen LogP contribution in [0.3, 0.4) is 0 Å². The maximum atomic E-state index is 12.2. The topological polar surface area (TPSA) is 59.5 Å². The number of rotatable bonds is 2. The molecule has 6 heteroatoms. The minimum Gasteiger partial charge on any atom is -0.457 e. The van der Waals surface area contributed by atoms with Gasteiger partial charge in [-0.05, 0) is 34.8 Å². The van der Waals surface area contributed by atoms with Crippen molar-refractivity contribution in [3.63, 3.8) is 0 Å². The van der Waals surface area contributed by atoms with Crippen molar-refractivity contribution in [2.75, 3.05) is 6.54 Å². The smallest absolute Gasteiger partial charge is 0.258 e. The fraction of sp³-hybridized carbons (Fsp3) is 0.400. The molecule has 1 atom stereocenters. The Morgan fingerprint density at radius 2 is 2.44 bits per heavy atom. The Morgan fingerprint density at radius 3 is 3.00 bits per heavy atom. The lowest BCUT2D eigenvalue weighted by Gasteiger charge is -2.23. The van der Waals surface area contributed by atoms with Gasteiger partial charge in [-0.25, -0.2) is 0 Å². The summed E-state index contributed by atoms with van der Waals surface area (Å²) >= 11 is 8.16. The van der Waals surface area contributed by atoms with Gasteiger partial charge in [0.2, 0.25) is 0 Å². The number of likely N-dealkylation sites (tertiary alicyclic amines) is 1. The maximum Gasteiger partial charge on any atom is 0.258 e. The molecule has 1 saturated heterocycles. The monoisotopic (exact) mass is 302 g/mol. The highest BCUT2D eigenvalue weighted by Gasteiger charge is 2.32. The Morgan fingerprint density at radius 1 is 1.69 bits per heavy atom. The van der Waals surface area contributed by atoms with Crippen LogP contribution >= 0.6 is 28.1 Å². The fourth-order valence-corrected chi connectivity index (χ4v) is 2.56. The predicted octanol–water partition coefficient (Wildman–Crippen LogP) is 1.93. The van der Waals surface area contributed by atoms with Crippen molar-refractivity contribution in [1.29, 1.82) is 0 Å². The Kier molecular flexibility index (Phi) is 3.30. The van der Waals surface area contributed by atoms with Gasteiger partial charge in [0.15, 0.2) is 4.67 Å². The fourth-order valence-electron chi connectivity index (χ4n) is 1.91. The van der Waals surface area contributed by atoms with E-state index in [0.717, 1.165) is 12.8 Å². The van der Waals surface area contributed by atoms with Crippen LogP contribution in [0.4, 0.5) is 0 Å². The van der Waals surface area contributed by atoms with Crippen molar-refractivity contribution < 1.29 is 9.21 Å². The van der Waals surface area contributed by atoms with Crippen LogP contribution in [0.5, 0.6) is 0 Å². The first-order chi connectivity index (χ1) is 7.61. The number of furan rings is 1. The zero-order valence-electron chi connectivity index (χ0n) is 8.48. The molecule has 1 unspecified atom stereocenters. The second-order valence-electron chi connectivity index (χ2n) is 3.67. The zero-order chi connectivity index (χ0) is 11.7. The summed E-state index contributed by atoms with van der Waals surface area (Å²) < 4.78 is 5.50. The minimum atomic E-state index is -0.121. The Hall–Kier alpha value is -0.880. The first-order valence-electron chi connectivity index (χ1n) is 4.94. The van der Waals surface area contributed by atoms with Crippen molar-refractivity contribution in [2.24, 2.45) is 5.73 Å². The zero-order valence-corrected chi connectivity index (χ0v) is 10.9. The molecule has 2 N–H and O–H groups in total. The predicted molar refractivity (Wildman–Crippen MR) is 67.3 cm³/mol. The van der Waals surface area contributed by atoms with Gasteiger partial charge >= 0.3 is 0 Å². The molecule has 1 aromatic heterocycles. The second kappa shape index (κ2) is 4.55. The van der Waals surface area contributed by atoms with Gasteiger partial charge in [0.05, 0.1) is 22.9 Å². The number of amides is 1. The third-order valence-corrected chi connectivity index (χ3v) is 3.58. The van der Waals surface area contributed by atoms with Gasteiger partial charge in [-0.1, -0.05) is 12.2 Å². The SMILES string of the molecule is NC(=S)C1CCCN1C(=O)c1ccoc1Br. The molecular weight excluding hydrogens is 292 g/mol. The molecule has 0 bridgehead atoms. The molecule has 0 saturated carbocycles. The molecule has 2 rings (SSSR count). The van der Waals surface area contributed by atoms with E-state index in [1.807, 2.05) is 0 Å². The van der Waals surface area contributed by atoms with Gasteiger partial charge in [0, 0.05) is 6.54 Å². The molecule has 1 aliphatic heterocycles. The van der Waals surface area contributed by atoms with Gasteiger partial charge in [-0.2, -0.15) is 0 Å². The highest BCUT2D eigenvalue weighted by molar-refractivity contribution is 9.10. The van der Waals surface area contributed by atoms with Crippen LogP contribution in [0.1, 0.15) is 23.2 Å². The second-order valence-corrected chi connectivity index (χ2v) is 4.86. The third kappa shape index (κ3) is 1.99. The molecular formula is C10H11BrN2O2S. The summed E-state index contributed by atoms with van der Waals surface area (Å²) in [5.41, 5.74) is 6.14. The van der Waals surface area contributed by atoms with Crippen LogP contribution < -0.4 is 5.73 Å². The number of halogens is 1. The van der Waals surface area contributed by atoms with E-state index in [0.29, 0.717) is 21.8 Å². The molecule has 86 valence electrons. The Balaban J connectivity index is 2.22. The molecule has 16 heavy (non-hydrogen) atoms. The molecule has 0 radical (unpaired) electrons. The first-order valence-corrected chi connectivity index (χ1v) is 6.14. The molecule has 4 nitrogen and oxygen atoms in total. The highest BCUT2D eigenvalue weighted by atomic mass is 79.9. The number of carbonyl (C=O) groups excluding carboxylic acids is 1. The van der Waals surface area contributed by atoms with Crippen molar-refractivity contribution in [2.45, 2.75) is 18.9 Å². The van der Waals surface area contributed by atoms with Crippen LogP contribution in [-0.2, 0) is 0 Å². The van der Waals surface area contributed by atoms with Crippen molar-refractivity contribution in [1.82, 2.24) is 4.90 Å². The van der Waals surface area contributed by atoms with E-state index < -0.39 is 0 Å². The number of thiocarbonyl (C=S) groups is 1. The minimum absolute atomic E-state index is 0.0871. The summed E-state index contributed by atoms with van der Waals surface area (Å²) in [6.07, 6.45) is 3.25. The quantitative estimate of drug-likeness (QED) is 0.848. The molecule has 0 aliphatic carbocycles. The van der Waals surface area contributed by atoms with Gasteiger partial charge in [-0.3, -0.25) is 4.79 Å². The number of hydrogen-bond donors (Lipinski definition) is 1. The van der Waals surface area contributed by atoms with Crippen molar-refractivity contribution >= 4 is 39.0 Å². The first kappa shape index (κ1) is 11.6. The summed E-state index contributed by atoms with van der Waals surface area (Å²) in [6.45, 7) is 0.693. The highest BCUT2D eigenvalue weighted by Crippen LogP contribution is 2.24. The van der Waals surface area contributed by atoms with E-state index >= 15 is 0 Å².